The summed E-state index contributed by atoms with van der Waals surface area (Å²) >= 11 is 0. The highest BCUT2D eigenvalue weighted by atomic mass is 16.5. The molecule has 1 aromatic carbocycles. The van der Waals surface area contributed by atoms with Gasteiger partial charge < -0.3 is 25.7 Å². The van der Waals surface area contributed by atoms with Gasteiger partial charge in [-0.15, -0.1) is 0 Å². The fraction of sp³-hybridized carbons (Fsp3) is 0.429. The minimum absolute atomic E-state index is 0.0363. The Morgan fingerprint density at radius 2 is 2.33 bits per heavy atom. The van der Waals surface area contributed by atoms with Crippen molar-refractivity contribution in [1.82, 2.24) is 5.32 Å². The zero-order valence-electron chi connectivity index (χ0n) is 11.6. The molecule has 1 fully saturated rings. The molecule has 2 rings (SSSR count). The quantitative estimate of drug-likeness (QED) is 0.316. The normalized spacial score (nSPS) is 19.0. The first-order valence-corrected chi connectivity index (χ1v) is 6.77. The van der Waals surface area contributed by atoms with Crippen molar-refractivity contribution in [1.29, 1.82) is 0 Å². The fourth-order valence-corrected chi connectivity index (χ4v) is 2.13. The zero-order valence-corrected chi connectivity index (χ0v) is 11.6. The van der Waals surface area contributed by atoms with Crippen molar-refractivity contribution in [2.24, 2.45) is 10.9 Å². The first-order chi connectivity index (χ1) is 10.2. The molecule has 0 radical (unpaired) electrons. The van der Waals surface area contributed by atoms with Gasteiger partial charge in [0.2, 0.25) is 0 Å². The average molecular weight is 293 g/mol. The highest BCUT2D eigenvalue weighted by molar-refractivity contribution is 5.99. The van der Waals surface area contributed by atoms with Gasteiger partial charge in [-0.3, -0.25) is 4.79 Å². The van der Waals surface area contributed by atoms with Crippen LogP contribution in [0, 0.1) is 0 Å². The molecule has 1 aliphatic heterocycles. The van der Waals surface area contributed by atoms with E-state index in [2.05, 4.69) is 10.5 Å². The van der Waals surface area contributed by atoms with Crippen molar-refractivity contribution >= 4 is 11.7 Å². The summed E-state index contributed by atoms with van der Waals surface area (Å²) in [4.78, 5) is 11.8. The van der Waals surface area contributed by atoms with Gasteiger partial charge in [-0.05, 0) is 25.0 Å². The lowest BCUT2D eigenvalue weighted by Gasteiger charge is -2.23. The van der Waals surface area contributed by atoms with Crippen molar-refractivity contribution in [3.63, 3.8) is 0 Å². The SMILES string of the molecule is NC(=NO)c1ccccc1OCC(=O)NC1CCCOC1. The van der Waals surface area contributed by atoms with Gasteiger partial charge in [0.25, 0.3) is 5.91 Å². The van der Waals surface area contributed by atoms with E-state index in [9.17, 15) is 4.79 Å². The second kappa shape index (κ2) is 7.49. The molecular formula is C14H19N3O4. The summed E-state index contributed by atoms with van der Waals surface area (Å²) < 4.78 is 10.7. The van der Waals surface area contributed by atoms with Gasteiger partial charge in [0.05, 0.1) is 18.2 Å². The summed E-state index contributed by atoms with van der Waals surface area (Å²) in [5.74, 6) is 0.106. The topological polar surface area (TPSA) is 106 Å². The lowest BCUT2D eigenvalue weighted by atomic mass is 10.1. The molecule has 7 nitrogen and oxygen atoms in total. The summed E-state index contributed by atoms with van der Waals surface area (Å²) in [5, 5.41) is 14.5. The van der Waals surface area contributed by atoms with Crippen LogP contribution in [0.4, 0.5) is 0 Å². The van der Waals surface area contributed by atoms with Crippen molar-refractivity contribution in [2.75, 3.05) is 19.8 Å². The molecule has 1 unspecified atom stereocenters. The number of ether oxygens (including phenoxy) is 2. The Morgan fingerprint density at radius 3 is 3.05 bits per heavy atom. The van der Waals surface area contributed by atoms with Gasteiger partial charge >= 0.3 is 0 Å². The largest absolute Gasteiger partial charge is 0.483 e. The van der Waals surface area contributed by atoms with E-state index in [1.54, 1.807) is 24.3 Å². The Balaban J connectivity index is 1.89. The molecule has 4 N–H and O–H groups in total. The number of rotatable bonds is 5. The molecule has 1 aliphatic rings. The lowest BCUT2D eigenvalue weighted by Crippen LogP contribution is -2.42. The van der Waals surface area contributed by atoms with Gasteiger partial charge in [0.15, 0.2) is 12.4 Å². The van der Waals surface area contributed by atoms with Gasteiger partial charge in [0, 0.05) is 6.61 Å². The highest BCUT2D eigenvalue weighted by Crippen LogP contribution is 2.17. The minimum atomic E-state index is -0.222. The van der Waals surface area contributed by atoms with Gasteiger partial charge in [-0.1, -0.05) is 17.3 Å². The molecule has 1 amide bonds. The van der Waals surface area contributed by atoms with Crippen molar-refractivity contribution < 1.29 is 19.5 Å². The van der Waals surface area contributed by atoms with E-state index in [4.69, 9.17) is 20.4 Å². The molecule has 21 heavy (non-hydrogen) atoms. The van der Waals surface area contributed by atoms with E-state index in [0.29, 0.717) is 17.9 Å². The standard InChI is InChI=1S/C14H19N3O4/c15-14(17-19)11-5-1-2-6-12(11)21-9-13(18)16-10-4-3-7-20-8-10/h1-2,5-6,10,19H,3-4,7-9H2,(H2,15,17)(H,16,18). The first-order valence-electron chi connectivity index (χ1n) is 6.77. The minimum Gasteiger partial charge on any atom is -0.483 e. The van der Waals surface area contributed by atoms with Crippen LogP contribution in [-0.4, -0.2) is 42.8 Å². The number of amidine groups is 1. The summed E-state index contributed by atoms with van der Waals surface area (Å²) in [6, 6.07) is 6.83. The number of benzene rings is 1. The third kappa shape index (κ3) is 4.35. The summed E-state index contributed by atoms with van der Waals surface area (Å²) in [7, 11) is 0. The predicted molar refractivity (Wildman–Crippen MR) is 76.4 cm³/mol. The number of carbonyl (C=O) groups excluding carboxylic acids is 1. The van der Waals surface area contributed by atoms with E-state index in [0.717, 1.165) is 19.4 Å². The maximum absolute atomic E-state index is 11.8. The molecule has 1 aromatic rings. The fourth-order valence-electron chi connectivity index (χ4n) is 2.13. The number of oxime groups is 1. The van der Waals surface area contributed by atoms with Gasteiger partial charge in [0.1, 0.15) is 5.75 Å². The Bertz CT molecular complexity index is 513. The monoisotopic (exact) mass is 293 g/mol. The molecule has 0 saturated carbocycles. The summed E-state index contributed by atoms with van der Waals surface area (Å²) in [6.45, 7) is 1.15. The molecule has 1 saturated heterocycles. The Kier molecular flexibility index (Phi) is 5.39. The third-order valence-corrected chi connectivity index (χ3v) is 3.15. The van der Waals surface area contributed by atoms with Crippen LogP contribution in [0.25, 0.3) is 0 Å². The second-order valence-electron chi connectivity index (χ2n) is 4.75. The number of hydrogen-bond acceptors (Lipinski definition) is 5. The Hall–Kier alpha value is -2.28. The zero-order chi connectivity index (χ0) is 15.1. The molecule has 7 heteroatoms. The third-order valence-electron chi connectivity index (χ3n) is 3.15. The van der Waals surface area contributed by atoms with Crippen LogP contribution in [0.5, 0.6) is 5.75 Å². The molecule has 0 aromatic heterocycles. The van der Waals surface area contributed by atoms with E-state index in [1.165, 1.54) is 0 Å². The van der Waals surface area contributed by atoms with E-state index < -0.39 is 0 Å². The number of nitrogens with zero attached hydrogens (tertiary/aromatic N) is 1. The predicted octanol–water partition coefficient (Wildman–Crippen LogP) is 0.455. The van der Waals surface area contributed by atoms with Gasteiger partial charge in [-0.25, -0.2) is 0 Å². The molecule has 1 heterocycles. The van der Waals surface area contributed by atoms with Crippen molar-refractivity contribution in [3.05, 3.63) is 29.8 Å². The maximum Gasteiger partial charge on any atom is 0.258 e. The van der Waals surface area contributed by atoms with Crippen LogP contribution in [0.2, 0.25) is 0 Å². The van der Waals surface area contributed by atoms with Crippen LogP contribution in [0.3, 0.4) is 0 Å². The summed E-state index contributed by atoms with van der Waals surface area (Å²) in [5.41, 5.74) is 5.99. The number of hydrogen-bond donors (Lipinski definition) is 3. The average Bonchev–Trinajstić information content (AvgIpc) is 2.53. The number of carbonyl (C=O) groups is 1. The van der Waals surface area contributed by atoms with Gasteiger partial charge in [-0.2, -0.15) is 0 Å². The Morgan fingerprint density at radius 1 is 1.52 bits per heavy atom. The summed E-state index contributed by atoms with van der Waals surface area (Å²) in [6.07, 6.45) is 1.85. The number of nitrogens with two attached hydrogens (primary N) is 1. The van der Waals surface area contributed by atoms with Crippen LogP contribution >= 0.6 is 0 Å². The maximum atomic E-state index is 11.8. The molecule has 0 bridgehead atoms. The van der Waals surface area contributed by atoms with E-state index >= 15 is 0 Å². The number of amides is 1. The van der Waals surface area contributed by atoms with Crippen LogP contribution < -0.4 is 15.8 Å². The molecule has 0 aliphatic carbocycles. The van der Waals surface area contributed by atoms with Crippen molar-refractivity contribution in [2.45, 2.75) is 18.9 Å². The van der Waals surface area contributed by atoms with E-state index in [-0.39, 0.29) is 24.4 Å². The van der Waals surface area contributed by atoms with Crippen LogP contribution in [0.1, 0.15) is 18.4 Å². The van der Waals surface area contributed by atoms with Crippen molar-refractivity contribution in [3.8, 4) is 5.75 Å². The molecule has 0 spiro atoms. The first kappa shape index (κ1) is 15.1. The van der Waals surface area contributed by atoms with E-state index in [1.807, 2.05) is 0 Å². The molecule has 1 atom stereocenters. The number of nitrogens with one attached hydrogen (secondary N) is 1. The smallest absolute Gasteiger partial charge is 0.258 e. The molecule has 114 valence electrons. The van der Waals surface area contributed by atoms with Crippen LogP contribution in [-0.2, 0) is 9.53 Å². The number of para-hydroxylation sites is 1. The lowest BCUT2D eigenvalue weighted by molar-refractivity contribution is -0.124. The molecular weight excluding hydrogens is 274 g/mol. The second-order valence-corrected chi connectivity index (χ2v) is 4.75. The highest BCUT2D eigenvalue weighted by Gasteiger charge is 2.17. The Labute approximate surface area is 122 Å². The van der Waals surface area contributed by atoms with Crippen LogP contribution in [0.15, 0.2) is 29.4 Å².